The van der Waals surface area contributed by atoms with Crippen LogP contribution in [0.1, 0.15) is 24.8 Å². The van der Waals surface area contributed by atoms with Crippen LogP contribution >= 0.6 is 0 Å². The Kier molecular flexibility index (Phi) is 6.40. The van der Waals surface area contributed by atoms with Crippen molar-refractivity contribution < 1.29 is 14.3 Å². The molecule has 2 amide bonds. The fourth-order valence-corrected chi connectivity index (χ4v) is 2.81. The molecule has 1 atom stereocenters. The Morgan fingerprint density at radius 1 is 1.30 bits per heavy atom. The van der Waals surface area contributed by atoms with Gasteiger partial charge in [-0.1, -0.05) is 30.3 Å². The van der Waals surface area contributed by atoms with Crippen molar-refractivity contribution in [2.75, 3.05) is 26.7 Å². The van der Waals surface area contributed by atoms with Crippen LogP contribution in [0.2, 0.25) is 0 Å². The smallest absolute Gasteiger partial charge is 0.410 e. The Bertz CT molecular complexity index is 521. The summed E-state index contributed by atoms with van der Waals surface area (Å²) in [5.74, 6) is -0.117. The van der Waals surface area contributed by atoms with Crippen LogP contribution in [-0.4, -0.2) is 54.5 Å². The Balaban J connectivity index is 1.91. The summed E-state index contributed by atoms with van der Waals surface area (Å²) in [4.78, 5) is 27.4. The molecule has 1 heterocycles. The first-order valence-corrected chi connectivity index (χ1v) is 8.03. The van der Waals surface area contributed by atoms with Crippen LogP contribution < -0.4 is 5.73 Å². The highest BCUT2D eigenvalue weighted by Gasteiger charge is 2.29. The van der Waals surface area contributed by atoms with Gasteiger partial charge in [0.25, 0.3) is 0 Å². The van der Waals surface area contributed by atoms with Gasteiger partial charge in [-0.2, -0.15) is 0 Å². The van der Waals surface area contributed by atoms with Gasteiger partial charge >= 0.3 is 6.09 Å². The van der Waals surface area contributed by atoms with E-state index in [1.54, 1.807) is 16.8 Å². The first-order chi connectivity index (χ1) is 11.1. The lowest BCUT2D eigenvalue weighted by atomic mass is 10.0. The van der Waals surface area contributed by atoms with Gasteiger partial charge in [0.1, 0.15) is 6.61 Å². The standard InChI is InChI=1S/C17H25N3O3/c1-19(16(21)11-18)12-15-9-5-6-10-20(15)17(22)23-13-14-7-3-2-4-8-14/h2-4,7-8,15H,5-6,9-13,18H2,1H3. The first kappa shape index (κ1) is 17.3. The summed E-state index contributed by atoms with van der Waals surface area (Å²) >= 11 is 0. The van der Waals surface area contributed by atoms with E-state index in [1.807, 2.05) is 30.3 Å². The zero-order valence-corrected chi connectivity index (χ0v) is 13.6. The largest absolute Gasteiger partial charge is 0.445 e. The van der Waals surface area contributed by atoms with Gasteiger partial charge in [-0.05, 0) is 24.8 Å². The maximum atomic E-state index is 12.4. The third kappa shape index (κ3) is 4.96. The monoisotopic (exact) mass is 319 g/mol. The lowest BCUT2D eigenvalue weighted by Gasteiger charge is -2.37. The van der Waals surface area contributed by atoms with Crippen molar-refractivity contribution in [2.45, 2.75) is 31.9 Å². The molecule has 0 aliphatic carbocycles. The van der Waals surface area contributed by atoms with E-state index in [2.05, 4.69) is 0 Å². The van der Waals surface area contributed by atoms with E-state index in [1.165, 1.54) is 0 Å². The number of nitrogens with zero attached hydrogens (tertiary/aromatic N) is 2. The molecule has 0 saturated carbocycles. The summed E-state index contributed by atoms with van der Waals surface area (Å²) in [6, 6.07) is 9.60. The highest BCUT2D eigenvalue weighted by Crippen LogP contribution is 2.19. The molecule has 1 aliphatic rings. The number of likely N-dealkylation sites (tertiary alicyclic amines) is 1. The number of rotatable bonds is 5. The number of ether oxygens (including phenoxy) is 1. The van der Waals surface area contributed by atoms with E-state index in [4.69, 9.17) is 10.5 Å². The molecule has 1 saturated heterocycles. The summed E-state index contributed by atoms with van der Waals surface area (Å²) < 4.78 is 5.43. The molecule has 1 unspecified atom stereocenters. The molecule has 1 aliphatic heterocycles. The van der Waals surface area contributed by atoms with Crippen LogP contribution in [0, 0.1) is 0 Å². The van der Waals surface area contributed by atoms with Gasteiger partial charge in [0.2, 0.25) is 5.91 Å². The third-order valence-electron chi connectivity index (χ3n) is 4.15. The molecule has 6 heteroatoms. The van der Waals surface area contributed by atoms with E-state index < -0.39 is 0 Å². The number of carbonyl (C=O) groups is 2. The molecule has 2 rings (SSSR count). The normalized spacial score (nSPS) is 17.7. The van der Waals surface area contributed by atoms with Crippen molar-refractivity contribution in [2.24, 2.45) is 5.73 Å². The summed E-state index contributed by atoms with van der Waals surface area (Å²) in [5, 5.41) is 0. The van der Waals surface area contributed by atoms with Gasteiger partial charge in [-0.3, -0.25) is 4.79 Å². The minimum Gasteiger partial charge on any atom is -0.445 e. The van der Waals surface area contributed by atoms with Crippen LogP contribution in [0.25, 0.3) is 0 Å². The van der Waals surface area contributed by atoms with E-state index >= 15 is 0 Å². The fourth-order valence-electron chi connectivity index (χ4n) is 2.81. The number of amides is 2. The number of likely N-dealkylation sites (N-methyl/N-ethyl adjacent to an activating group) is 1. The molecule has 1 fully saturated rings. The second-order valence-electron chi connectivity index (χ2n) is 5.86. The Labute approximate surface area is 137 Å². The molecule has 1 aromatic rings. The number of nitrogens with two attached hydrogens (primary N) is 1. The second kappa shape index (κ2) is 8.53. The van der Waals surface area contributed by atoms with Crippen LogP contribution in [0.5, 0.6) is 0 Å². The Morgan fingerprint density at radius 3 is 2.74 bits per heavy atom. The molecule has 0 aromatic heterocycles. The summed E-state index contributed by atoms with van der Waals surface area (Å²) in [6.07, 6.45) is 2.58. The van der Waals surface area contributed by atoms with Crippen LogP contribution in [-0.2, 0) is 16.1 Å². The van der Waals surface area contributed by atoms with E-state index in [0.29, 0.717) is 13.1 Å². The number of hydrogen-bond acceptors (Lipinski definition) is 4. The number of hydrogen-bond donors (Lipinski definition) is 1. The van der Waals surface area contributed by atoms with Crippen LogP contribution in [0.15, 0.2) is 30.3 Å². The zero-order chi connectivity index (χ0) is 16.7. The minimum atomic E-state index is -0.313. The minimum absolute atomic E-state index is 0.00692. The predicted octanol–water partition coefficient (Wildman–Crippen LogP) is 1.59. The predicted molar refractivity (Wildman–Crippen MR) is 87.7 cm³/mol. The van der Waals surface area contributed by atoms with Gasteiger partial charge < -0.3 is 20.3 Å². The highest BCUT2D eigenvalue weighted by molar-refractivity contribution is 5.77. The molecule has 0 spiro atoms. The fraction of sp³-hybridized carbons (Fsp3) is 0.529. The maximum Gasteiger partial charge on any atom is 0.410 e. The maximum absolute atomic E-state index is 12.4. The Hall–Kier alpha value is -2.08. The van der Waals surface area contributed by atoms with Gasteiger partial charge in [0.05, 0.1) is 12.6 Å². The van der Waals surface area contributed by atoms with Crippen LogP contribution in [0.3, 0.4) is 0 Å². The van der Waals surface area contributed by atoms with Gasteiger partial charge in [0, 0.05) is 20.1 Å². The third-order valence-corrected chi connectivity index (χ3v) is 4.15. The molecule has 23 heavy (non-hydrogen) atoms. The highest BCUT2D eigenvalue weighted by atomic mass is 16.6. The van der Waals surface area contributed by atoms with Crippen molar-refractivity contribution in [3.05, 3.63) is 35.9 Å². The Morgan fingerprint density at radius 2 is 2.04 bits per heavy atom. The molecule has 0 radical (unpaired) electrons. The van der Waals surface area contributed by atoms with E-state index in [0.717, 1.165) is 24.8 Å². The SMILES string of the molecule is CN(CC1CCCCN1C(=O)OCc1ccccc1)C(=O)CN. The van der Waals surface area contributed by atoms with Crippen molar-refractivity contribution >= 4 is 12.0 Å². The summed E-state index contributed by atoms with van der Waals surface area (Å²) in [6.45, 7) is 1.42. The quantitative estimate of drug-likeness (QED) is 0.894. The molecule has 6 nitrogen and oxygen atoms in total. The molecule has 0 bridgehead atoms. The van der Waals surface area contributed by atoms with E-state index in [9.17, 15) is 9.59 Å². The zero-order valence-electron chi connectivity index (χ0n) is 13.6. The van der Waals surface area contributed by atoms with Gasteiger partial charge in [-0.15, -0.1) is 0 Å². The van der Waals surface area contributed by atoms with Crippen molar-refractivity contribution in [3.8, 4) is 0 Å². The molecule has 126 valence electrons. The summed E-state index contributed by atoms with van der Waals surface area (Å²) in [5.41, 5.74) is 6.35. The number of piperidine rings is 1. The molecular weight excluding hydrogens is 294 g/mol. The molecular formula is C17H25N3O3. The topological polar surface area (TPSA) is 75.9 Å². The van der Waals surface area contributed by atoms with Crippen molar-refractivity contribution in [1.82, 2.24) is 9.80 Å². The average molecular weight is 319 g/mol. The van der Waals surface area contributed by atoms with Gasteiger partial charge in [-0.25, -0.2) is 4.79 Å². The second-order valence-corrected chi connectivity index (χ2v) is 5.86. The van der Waals surface area contributed by atoms with Crippen molar-refractivity contribution in [3.63, 3.8) is 0 Å². The van der Waals surface area contributed by atoms with Crippen molar-refractivity contribution in [1.29, 1.82) is 0 Å². The first-order valence-electron chi connectivity index (χ1n) is 8.03. The van der Waals surface area contributed by atoms with E-state index in [-0.39, 0.29) is 31.2 Å². The molecule has 2 N–H and O–H groups in total. The average Bonchev–Trinajstić information content (AvgIpc) is 2.60. The number of carbonyl (C=O) groups excluding carboxylic acids is 2. The van der Waals surface area contributed by atoms with Crippen LogP contribution in [0.4, 0.5) is 4.79 Å². The lowest BCUT2D eigenvalue weighted by Crippen LogP contribution is -2.50. The lowest BCUT2D eigenvalue weighted by molar-refractivity contribution is -0.129. The summed E-state index contributed by atoms with van der Waals surface area (Å²) in [7, 11) is 1.72. The van der Waals surface area contributed by atoms with Gasteiger partial charge in [0.15, 0.2) is 0 Å². The number of benzene rings is 1. The molecule has 1 aromatic carbocycles.